The zero-order valence-corrected chi connectivity index (χ0v) is 13.5. The average Bonchev–Trinajstić information content (AvgIpc) is 2.40. The van der Waals surface area contributed by atoms with Crippen LogP contribution in [0.3, 0.4) is 0 Å². The van der Waals surface area contributed by atoms with Crippen molar-refractivity contribution >= 4 is 0 Å². The van der Waals surface area contributed by atoms with Crippen LogP contribution in [0.2, 0.25) is 0 Å². The van der Waals surface area contributed by atoms with Gasteiger partial charge in [0.1, 0.15) is 0 Å². The van der Waals surface area contributed by atoms with Gasteiger partial charge in [-0.3, -0.25) is 4.90 Å². The maximum Gasteiger partial charge on any atom is 0.0224 e. The molecule has 1 saturated heterocycles. The lowest BCUT2D eigenvalue weighted by atomic mass is 9.68. The van der Waals surface area contributed by atoms with Crippen molar-refractivity contribution in [3.05, 3.63) is 0 Å². The van der Waals surface area contributed by atoms with Crippen molar-refractivity contribution in [3.63, 3.8) is 0 Å². The van der Waals surface area contributed by atoms with E-state index < -0.39 is 0 Å². The Kier molecular flexibility index (Phi) is 5.30. The fourth-order valence-electron chi connectivity index (χ4n) is 4.40. The summed E-state index contributed by atoms with van der Waals surface area (Å²) in [5, 5.41) is 3.60. The molecule has 0 amide bonds. The predicted octanol–water partition coefficient (Wildman–Crippen LogP) is 3.67. The molecule has 19 heavy (non-hydrogen) atoms. The summed E-state index contributed by atoms with van der Waals surface area (Å²) in [6.45, 7) is 13.4. The molecule has 2 heteroatoms. The standard InChI is InChI=1S/C17H34N2/c1-5-19(14-9-8-12-18-13-14)16-11-7-6-10-15(16)17(2,3)4/h14-16,18H,5-13H2,1-4H3. The Morgan fingerprint density at radius 1 is 1.05 bits per heavy atom. The van der Waals surface area contributed by atoms with E-state index in [0.29, 0.717) is 5.41 Å². The summed E-state index contributed by atoms with van der Waals surface area (Å²) in [5.41, 5.74) is 0.459. The van der Waals surface area contributed by atoms with E-state index in [2.05, 4.69) is 37.9 Å². The Morgan fingerprint density at radius 2 is 1.79 bits per heavy atom. The lowest BCUT2D eigenvalue weighted by Crippen LogP contribution is -2.55. The number of hydrogen-bond acceptors (Lipinski definition) is 2. The fraction of sp³-hybridized carbons (Fsp3) is 1.00. The van der Waals surface area contributed by atoms with E-state index in [9.17, 15) is 0 Å². The molecule has 3 unspecified atom stereocenters. The van der Waals surface area contributed by atoms with Gasteiger partial charge in [-0.25, -0.2) is 0 Å². The second kappa shape index (κ2) is 6.58. The minimum absolute atomic E-state index is 0.459. The molecular weight excluding hydrogens is 232 g/mol. The van der Waals surface area contributed by atoms with Gasteiger partial charge < -0.3 is 5.32 Å². The number of nitrogens with zero attached hydrogens (tertiary/aromatic N) is 1. The fourth-order valence-corrected chi connectivity index (χ4v) is 4.40. The van der Waals surface area contributed by atoms with Crippen LogP contribution in [0.25, 0.3) is 0 Å². The molecule has 2 nitrogen and oxygen atoms in total. The van der Waals surface area contributed by atoms with E-state index >= 15 is 0 Å². The highest BCUT2D eigenvalue weighted by Crippen LogP contribution is 2.41. The van der Waals surface area contributed by atoms with Gasteiger partial charge in [-0.15, -0.1) is 0 Å². The van der Waals surface area contributed by atoms with Crippen molar-refractivity contribution in [3.8, 4) is 0 Å². The quantitative estimate of drug-likeness (QED) is 0.838. The van der Waals surface area contributed by atoms with E-state index in [1.807, 2.05) is 0 Å². The van der Waals surface area contributed by atoms with Crippen molar-refractivity contribution < 1.29 is 0 Å². The zero-order chi connectivity index (χ0) is 13.9. The Morgan fingerprint density at radius 3 is 2.37 bits per heavy atom. The highest BCUT2D eigenvalue weighted by molar-refractivity contribution is 4.93. The van der Waals surface area contributed by atoms with Gasteiger partial charge in [0.05, 0.1) is 0 Å². The first kappa shape index (κ1) is 15.3. The number of hydrogen-bond donors (Lipinski definition) is 1. The summed E-state index contributed by atoms with van der Waals surface area (Å²) in [4.78, 5) is 2.85. The normalized spacial score (nSPS) is 33.6. The van der Waals surface area contributed by atoms with Gasteiger partial charge in [0.25, 0.3) is 0 Å². The van der Waals surface area contributed by atoms with Gasteiger partial charge in [-0.1, -0.05) is 40.5 Å². The molecule has 2 fully saturated rings. The molecule has 1 N–H and O–H groups in total. The monoisotopic (exact) mass is 266 g/mol. The largest absolute Gasteiger partial charge is 0.315 e. The molecule has 2 rings (SSSR count). The average molecular weight is 266 g/mol. The lowest BCUT2D eigenvalue weighted by molar-refractivity contribution is 0.0119. The van der Waals surface area contributed by atoms with E-state index in [1.54, 1.807) is 0 Å². The number of nitrogens with one attached hydrogen (secondary N) is 1. The van der Waals surface area contributed by atoms with Crippen molar-refractivity contribution in [2.45, 2.75) is 78.3 Å². The van der Waals surface area contributed by atoms with Gasteiger partial charge >= 0.3 is 0 Å². The van der Waals surface area contributed by atoms with Crippen LogP contribution in [0.4, 0.5) is 0 Å². The molecule has 0 spiro atoms. The summed E-state index contributed by atoms with van der Waals surface area (Å²) in [5.74, 6) is 0.878. The molecule has 0 aromatic heterocycles. The maximum atomic E-state index is 3.60. The summed E-state index contributed by atoms with van der Waals surface area (Å²) in [7, 11) is 0. The van der Waals surface area contributed by atoms with Crippen molar-refractivity contribution in [1.29, 1.82) is 0 Å². The molecule has 0 aromatic carbocycles. The van der Waals surface area contributed by atoms with Gasteiger partial charge in [-0.05, 0) is 50.1 Å². The van der Waals surface area contributed by atoms with Gasteiger partial charge in [0.2, 0.25) is 0 Å². The highest BCUT2D eigenvalue weighted by Gasteiger charge is 2.39. The Hall–Kier alpha value is -0.0800. The molecule has 1 aliphatic carbocycles. The number of piperidine rings is 1. The zero-order valence-electron chi connectivity index (χ0n) is 13.5. The van der Waals surface area contributed by atoms with Crippen LogP contribution in [-0.2, 0) is 0 Å². The first-order valence-electron chi connectivity index (χ1n) is 8.50. The van der Waals surface area contributed by atoms with Crippen molar-refractivity contribution in [1.82, 2.24) is 10.2 Å². The smallest absolute Gasteiger partial charge is 0.0224 e. The SMILES string of the molecule is CCN(C1CCCNC1)C1CCCCC1C(C)(C)C. The number of rotatable bonds is 3. The summed E-state index contributed by atoms with van der Waals surface area (Å²) in [6, 6.07) is 1.61. The molecule has 0 aromatic rings. The second-order valence-corrected chi connectivity index (χ2v) is 7.65. The van der Waals surface area contributed by atoms with Gasteiger partial charge in [0.15, 0.2) is 0 Å². The van der Waals surface area contributed by atoms with E-state index in [4.69, 9.17) is 0 Å². The third-order valence-corrected chi connectivity index (χ3v) is 5.37. The van der Waals surface area contributed by atoms with Crippen LogP contribution in [-0.4, -0.2) is 36.6 Å². The molecule has 0 bridgehead atoms. The van der Waals surface area contributed by atoms with Crippen LogP contribution in [0.15, 0.2) is 0 Å². The molecular formula is C17H34N2. The van der Waals surface area contributed by atoms with E-state index in [0.717, 1.165) is 18.0 Å². The van der Waals surface area contributed by atoms with Crippen molar-refractivity contribution in [2.75, 3.05) is 19.6 Å². The summed E-state index contributed by atoms with van der Waals surface area (Å²) >= 11 is 0. The van der Waals surface area contributed by atoms with Gasteiger partial charge in [-0.2, -0.15) is 0 Å². The summed E-state index contributed by atoms with van der Waals surface area (Å²) < 4.78 is 0. The molecule has 0 radical (unpaired) electrons. The highest BCUT2D eigenvalue weighted by atomic mass is 15.2. The Bertz CT molecular complexity index is 263. The third kappa shape index (κ3) is 3.72. The Balaban J connectivity index is 2.09. The maximum absolute atomic E-state index is 3.60. The topological polar surface area (TPSA) is 15.3 Å². The van der Waals surface area contributed by atoms with Crippen LogP contribution in [0.1, 0.15) is 66.2 Å². The van der Waals surface area contributed by atoms with Crippen LogP contribution in [0.5, 0.6) is 0 Å². The minimum Gasteiger partial charge on any atom is -0.315 e. The minimum atomic E-state index is 0.459. The number of likely N-dealkylation sites (N-methyl/N-ethyl adjacent to an activating group) is 1. The van der Waals surface area contributed by atoms with Crippen molar-refractivity contribution in [2.24, 2.45) is 11.3 Å². The van der Waals surface area contributed by atoms with Crippen LogP contribution in [0, 0.1) is 11.3 Å². The molecule has 3 atom stereocenters. The first-order chi connectivity index (χ1) is 9.04. The van der Waals surface area contributed by atoms with Crippen LogP contribution >= 0.6 is 0 Å². The van der Waals surface area contributed by atoms with E-state index in [1.165, 1.54) is 58.2 Å². The van der Waals surface area contributed by atoms with Crippen LogP contribution < -0.4 is 5.32 Å². The molecule has 1 aliphatic heterocycles. The first-order valence-corrected chi connectivity index (χ1v) is 8.50. The molecule has 1 saturated carbocycles. The molecule has 112 valence electrons. The third-order valence-electron chi connectivity index (χ3n) is 5.37. The second-order valence-electron chi connectivity index (χ2n) is 7.65. The Labute approximate surface area is 120 Å². The van der Waals surface area contributed by atoms with E-state index in [-0.39, 0.29) is 0 Å². The lowest BCUT2D eigenvalue weighted by Gasteiger charge is -2.49. The van der Waals surface area contributed by atoms with Gasteiger partial charge in [0, 0.05) is 18.6 Å². The summed E-state index contributed by atoms with van der Waals surface area (Å²) in [6.07, 6.45) is 8.49. The molecule has 1 heterocycles. The molecule has 2 aliphatic rings. The predicted molar refractivity (Wildman–Crippen MR) is 83.5 cm³/mol.